The molecule has 0 radical (unpaired) electrons. The quantitative estimate of drug-likeness (QED) is 0.760. The van der Waals surface area contributed by atoms with Crippen molar-refractivity contribution >= 4 is 0 Å². The van der Waals surface area contributed by atoms with E-state index in [2.05, 4.69) is 0 Å². The van der Waals surface area contributed by atoms with E-state index in [1.54, 1.807) is 0 Å². The molecular weight excluding hydrogens is 285 g/mol. The van der Waals surface area contributed by atoms with E-state index in [0.29, 0.717) is 39.8 Å². The van der Waals surface area contributed by atoms with Gasteiger partial charge in [0.1, 0.15) is 5.69 Å². The van der Waals surface area contributed by atoms with Crippen LogP contribution >= 0.6 is 0 Å². The maximum Gasteiger partial charge on any atom is 0.416 e. The summed E-state index contributed by atoms with van der Waals surface area (Å²) in [6.07, 6.45) is -1.76. The molecule has 3 rings (SSSR count). The molecular formula is C14H11F3N2O2. The Bertz CT molecular complexity index is 766. The Labute approximate surface area is 117 Å². The Morgan fingerprint density at radius 2 is 2.00 bits per heavy atom. The first-order valence-corrected chi connectivity index (χ1v) is 6.43. The maximum atomic E-state index is 12.7. The fourth-order valence-corrected chi connectivity index (χ4v) is 2.60. The molecule has 0 unspecified atom stereocenters. The summed E-state index contributed by atoms with van der Waals surface area (Å²) in [5, 5.41) is 12.3. The molecule has 1 aromatic heterocycles. The number of rotatable bonds is 1. The average Bonchev–Trinajstić information content (AvgIpc) is 2.92. The Kier molecular flexibility index (Phi) is 3.00. The normalized spacial score (nSPS) is 14.2. The highest BCUT2D eigenvalue weighted by Crippen LogP contribution is 2.32. The molecule has 0 N–H and O–H groups in total. The molecule has 0 saturated carbocycles. The van der Waals surface area contributed by atoms with Crippen LogP contribution in [-0.2, 0) is 19.0 Å². The molecule has 7 heteroatoms. The third kappa shape index (κ3) is 2.28. The molecule has 1 aromatic carbocycles. The van der Waals surface area contributed by atoms with Crippen molar-refractivity contribution < 1.29 is 17.6 Å². The fourth-order valence-electron chi connectivity index (χ4n) is 2.60. The minimum atomic E-state index is -4.49. The first-order chi connectivity index (χ1) is 9.88. The van der Waals surface area contributed by atoms with E-state index in [1.807, 2.05) is 0 Å². The zero-order chi connectivity index (χ0) is 15.2. The van der Waals surface area contributed by atoms with Crippen LogP contribution in [0.5, 0.6) is 0 Å². The molecule has 0 atom stereocenters. The van der Waals surface area contributed by atoms with Gasteiger partial charge in [-0.15, -0.1) is 0 Å². The summed E-state index contributed by atoms with van der Waals surface area (Å²) in [7, 11) is 0. The number of halogens is 3. The van der Waals surface area contributed by atoms with Crippen molar-refractivity contribution in [2.24, 2.45) is 0 Å². The number of aromatic nitrogens is 2. The van der Waals surface area contributed by atoms with Gasteiger partial charge in [0.05, 0.1) is 15.7 Å². The van der Waals surface area contributed by atoms with Gasteiger partial charge in [0, 0.05) is 16.9 Å². The lowest BCUT2D eigenvalue weighted by Gasteiger charge is -2.19. The van der Waals surface area contributed by atoms with Crippen molar-refractivity contribution in [1.82, 2.24) is 4.73 Å². The summed E-state index contributed by atoms with van der Waals surface area (Å²) >= 11 is 0. The van der Waals surface area contributed by atoms with Gasteiger partial charge in [-0.25, -0.2) is 0 Å². The van der Waals surface area contributed by atoms with Gasteiger partial charge in [-0.3, -0.25) is 0 Å². The second kappa shape index (κ2) is 4.61. The largest absolute Gasteiger partial charge is 0.805 e. The van der Waals surface area contributed by atoms with Crippen LogP contribution in [0.2, 0.25) is 0 Å². The van der Waals surface area contributed by atoms with E-state index >= 15 is 0 Å². The third-order valence-electron chi connectivity index (χ3n) is 3.62. The van der Waals surface area contributed by atoms with Crippen molar-refractivity contribution in [1.29, 1.82) is 0 Å². The number of fused-ring (bicyclic) bond motifs is 1. The summed E-state index contributed by atoms with van der Waals surface area (Å²) in [5.74, 6) is 0. The van der Waals surface area contributed by atoms with E-state index in [-0.39, 0.29) is 11.3 Å². The van der Waals surface area contributed by atoms with Gasteiger partial charge in [-0.05, 0) is 25.0 Å². The summed E-state index contributed by atoms with van der Waals surface area (Å²) < 4.78 is 39.4. The monoisotopic (exact) mass is 296 g/mol. The van der Waals surface area contributed by atoms with Crippen molar-refractivity contribution in [3.05, 3.63) is 57.5 Å². The van der Waals surface area contributed by atoms with E-state index < -0.39 is 11.7 Å². The Hall–Kier alpha value is -2.31. The third-order valence-corrected chi connectivity index (χ3v) is 3.62. The topological polar surface area (TPSA) is 51.0 Å². The molecule has 1 aliphatic carbocycles. The second-order valence-electron chi connectivity index (χ2n) is 4.96. The molecule has 1 aliphatic rings. The minimum Gasteiger partial charge on any atom is -0.805 e. The molecule has 0 fully saturated rings. The first kappa shape index (κ1) is 13.7. The molecule has 0 amide bonds. The van der Waals surface area contributed by atoms with Crippen LogP contribution in [0.3, 0.4) is 0 Å². The highest BCUT2D eigenvalue weighted by molar-refractivity contribution is 5.60. The highest BCUT2D eigenvalue weighted by Gasteiger charge is 2.31. The Morgan fingerprint density at radius 1 is 1.24 bits per heavy atom. The highest BCUT2D eigenvalue weighted by atomic mass is 19.4. The van der Waals surface area contributed by atoms with E-state index in [1.165, 1.54) is 12.1 Å². The summed E-state index contributed by atoms with van der Waals surface area (Å²) in [5.41, 5.74) is -0.0746. The van der Waals surface area contributed by atoms with Crippen LogP contribution in [0.4, 0.5) is 13.2 Å². The van der Waals surface area contributed by atoms with Crippen LogP contribution < -0.4 is 4.43 Å². The lowest BCUT2D eigenvalue weighted by atomic mass is 10.1. The van der Waals surface area contributed by atoms with Crippen molar-refractivity contribution in [3.63, 3.8) is 0 Å². The fraction of sp³-hybridized carbons (Fsp3) is 0.286. The van der Waals surface area contributed by atoms with Gasteiger partial charge in [-0.2, -0.15) is 13.2 Å². The van der Waals surface area contributed by atoms with Gasteiger partial charge in [0.2, 0.25) is 0 Å². The molecule has 1 heterocycles. The number of benzene rings is 1. The number of hydrogen-bond donors (Lipinski definition) is 0. The predicted octanol–water partition coefficient (Wildman–Crippen LogP) is 2.92. The summed E-state index contributed by atoms with van der Waals surface area (Å²) in [4.78, 5) is 11.9. The predicted molar refractivity (Wildman–Crippen MR) is 69.0 cm³/mol. The van der Waals surface area contributed by atoms with Gasteiger partial charge < -0.3 is 9.94 Å². The lowest BCUT2D eigenvalue weighted by Crippen LogP contribution is -2.24. The maximum absolute atomic E-state index is 12.7. The van der Waals surface area contributed by atoms with Crippen LogP contribution in [0.15, 0.2) is 30.5 Å². The number of hydrogen-bond acceptors (Lipinski definition) is 2. The molecule has 2 aromatic rings. The standard InChI is InChI=1S/C14H11F3N2O2/c15-14(16,17)10-4-1-3-9(7-10)13-8-18(20)11-5-2-6-12(11)19(13)21/h1,3-4,7-8H,2,5-6H2. The smallest absolute Gasteiger partial charge is 0.416 e. The Morgan fingerprint density at radius 3 is 2.71 bits per heavy atom. The van der Waals surface area contributed by atoms with E-state index in [9.17, 15) is 23.3 Å². The van der Waals surface area contributed by atoms with Gasteiger partial charge >= 0.3 is 6.18 Å². The number of nitrogens with zero attached hydrogens (tertiary/aromatic N) is 2. The lowest BCUT2D eigenvalue weighted by molar-refractivity contribution is -0.504. The zero-order valence-corrected chi connectivity index (χ0v) is 10.9. The van der Waals surface area contributed by atoms with Crippen LogP contribution in [0.25, 0.3) is 11.3 Å². The van der Waals surface area contributed by atoms with Crippen LogP contribution in [0.1, 0.15) is 23.4 Å². The molecule has 110 valence electrons. The number of alkyl halides is 3. The molecule has 0 aliphatic heterocycles. The molecule has 0 bridgehead atoms. The van der Waals surface area contributed by atoms with Gasteiger partial charge in [0.25, 0.3) is 11.9 Å². The minimum absolute atomic E-state index is 0.0586. The zero-order valence-electron chi connectivity index (χ0n) is 10.9. The molecule has 21 heavy (non-hydrogen) atoms. The van der Waals surface area contributed by atoms with Crippen molar-refractivity contribution in [3.8, 4) is 11.3 Å². The molecule has 4 nitrogen and oxygen atoms in total. The summed E-state index contributed by atoms with van der Waals surface area (Å²) in [6.45, 7) is 0. The van der Waals surface area contributed by atoms with E-state index in [4.69, 9.17) is 0 Å². The van der Waals surface area contributed by atoms with Gasteiger partial charge in [-0.1, -0.05) is 12.1 Å². The second-order valence-corrected chi connectivity index (χ2v) is 4.96. The van der Waals surface area contributed by atoms with Gasteiger partial charge in [0.15, 0.2) is 0 Å². The average molecular weight is 296 g/mol. The van der Waals surface area contributed by atoms with Crippen LogP contribution in [-0.4, -0.2) is 4.73 Å². The SMILES string of the molecule is O=[n+]1cc(-c2cccc(C(F)(F)F)c2)n([O-])c2c1CCC2. The summed E-state index contributed by atoms with van der Waals surface area (Å²) in [6, 6.07) is 4.42. The van der Waals surface area contributed by atoms with Crippen molar-refractivity contribution in [2.45, 2.75) is 25.4 Å². The first-order valence-electron chi connectivity index (χ1n) is 6.43. The molecule has 0 saturated heterocycles. The Balaban J connectivity index is 2.18. The van der Waals surface area contributed by atoms with Crippen LogP contribution in [0, 0.1) is 10.1 Å². The molecule has 0 spiro atoms. The van der Waals surface area contributed by atoms with E-state index in [0.717, 1.165) is 18.3 Å². The van der Waals surface area contributed by atoms with Crippen molar-refractivity contribution in [2.75, 3.05) is 0 Å².